The number of benzene rings is 4. The number of carbonyl (C=O) groups is 2. The number of hydrogen-bond donors (Lipinski definition) is 1. The van der Waals surface area contributed by atoms with Crippen LogP contribution in [0.2, 0.25) is 0 Å². The predicted octanol–water partition coefficient (Wildman–Crippen LogP) is 7.55. The molecule has 1 saturated heterocycles. The van der Waals surface area contributed by atoms with Crippen molar-refractivity contribution in [1.29, 1.82) is 0 Å². The molecule has 4 aromatic rings. The van der Waals surface area contributed by atoms with E-state index < -0.39 is 0 Å². The molecule has 0 radical (unpaired) electrons. The summed E-state index contributed by atoms with van der Waals surface area (Å²) in [6.45, 7) is 0.829. The fraction of sp³-hybridized carbons (Fsp3) is 0.273. The topological polar surface area (TPSA) is 49.4 Å². The molecule has 0 spiro atoms. The quantitative estimate of drug-likeness (QED) is 0.322. The fourth-order valence-corrected chi connectivity index (χ4v) is 6.29. The van der Waals surface area contributed by atoms with E-state index in [1.165, 1.54) is 25.7 Å². The van der Waals surface area contributed by atoms with Crippen molar-refractivity contribution in [3.8, 4) is 11.1 Å². The number of piperidine rings is 1. The minimum Gasteiger partial charge on any atom is -0.335 e. The van der Waals surface area contributed by atoms with Gasteiger partial charge in [0.2, 0.25) is 0 Å². The van der Waals surface area contributed by atoms with Crippen LogP contribution in [0.25, 0.3) is 21.9 Å². The summed E-state index contributed by atoms with van der Waals surface area (Å²) in [5, 5.41) is 4.70. The summed E-state index contributed by atoms with van der Waals surface area (Å²) in [4.78, 5) is 29.3. The monoisotopic (exact) mass is 488 g/mol. The number of nitrogens with one attached hydrogen (secondary N) is 1. The lowest BCUT2D eigenvalue weighted by Crippen LogP contribution is -2.49. The van der Waals surface area contributed by atoms with Crippen molar-refractivity contribution in [3.63, 3.8) is 0 Å². The zero-order valence-corrected chi connectivity index (χ0v) is 21.0. The maximum Gasteiger partial charge on any atom is 0.256 e. The van der Waals surface area contributed by atoms with Crippen LogP contribution in [0.4, 0.5) is 5.69 Å². The second-order valence-corrected chi connectivity index (χ2v) is 10.4. The first-order chi connectivity index (χ1) is 18.2. The van der Waals surface area contributed by atoms with Gasteiger partial charge < -0.3 is 10.2 Å². The molecule has 2 aliphatic rings. The van der Waals surface area contributed by atoms with Crippen LogP contribution in [0, 0.1) is 5.92 Å². The summed E-state index contributed by atoms with van der Waals surface area (Å²) in [6.07, 6.45) is 7.15. The first-order valence-electron chi connectivity index (χ1n) is 13.5. The Hall–Kier alpha value is -3.92. The highest BCUT2D eigenvalue weighted by atomic mass is 16.2. The molecule has 186 valence electrons. The van der Waals surface area contributed by atoms with Crippen molar-refractivity contribution < 1.29 is 9.59 Å². The average Bonchev–Trinajstić information content (AvgIpc) is 2.97. The van der Waals surface area contributed by atoms with E-state index in [1.54, 1.807) is 0 Å². The third-order valence-electron chi connectivity index (χ3n) is 8.15. The van der Waals surface area contributed by atoms with Gasteiger partial charge >= 0.3 is 0 Å². The Morgan fingerprint density at radius 1 is 0.649 bits per heavy atom. The van der Waals surface area contributed by atoms with Gasteiger partial charge in [-0.05, 0) is 77.8 Å². The van der Waals surface area contributed by atoms with Crippen LogP contribution in [-0.4, -0.2) is 29.3 Å². The van der Waals surface area contributed by atoms with Gasteiger partial charge in [0.25, 0.3) is 11.8 Å². The van der Waals surface area contributed by atoms with E-state index in [9.17, 15) is 9.59 Å². The number of fused-ring (bicyclic) bond motifs is 2. The molecule has 37 heavy (non-hydrogen) atoms. The minimum absolute atomic E-state index is 0.108. The first-order valence-corrected chi connectivity index (χ1v) is 13.5. The SMILES string of the molecule is O=C(Nc1ccc(-c2ccccc2)cc1)c1ccc(C(=O)N2CCCC3CCCC[C@@H]32)c2ccccc12. The van der Waals surface area contributed by atoms with Gasteiger partial charge in [-0.15, -0.1) is 0 Å². The van der Waals surface area contributed by atoms with Gasteiger partial charge in [-0.1, -0.05) is 79.6 Å². The largest absolute Gasteiger partial charge is 0.335 e. The lowest BCUT2D eigenvalue weighted by molar-refractivity contribution is 0.0392. The summed E-state index contributed by atoms with van der Waals surface area (Å²) in [6, 6.07) is 29.9. The highest BCUT2D eigenvalue weighted by molar-refractivity contribution is 6.17. The third kappa shape index (κ3) is 4.64. The third-order valence-corrected chi connectivity index (χ3v) is 8.15. The summed E-state index contributed by atoms with van der Waals surface area (Å²) in [5.41, 5.74) is 4.26. The molecule has 4 aromatic carbocycles. The van der Waals surface area contributed by atoms with Crippen molar-refractivity contribution in [2.24, 2.45) is 5.92 Å². The summed E-state index contributed by atoms with van der Waals surface area (Å²) >= 11 is 0. The Bertz CT molecular complexity index is 1430. The maximum atomic E-state index is 13.8. The average molecular weight is 489 g/mol. The predicted molar refractivity (Wildman–Crippen MR) is 150 cm³/mol. The van der Waals surface area contributed by atoms with Crippen LogP contribution >= 0.6 is 0 Å². The summed E-state index contributed by atoms with van der Waals surface area (Å²) < 4.78 is 0. The summed E-state index contributed by atoms with van der Waals surface area (Å²) in [7, 11) is 0. The molecule has 0 bridgehead atoms. The van der Waals surface area contributed by atoms with Crippen LogP contribution < -0.4 is 5.32 Å². The first kappa shape index (κ1) is 23.5. The molecule has 1 aliphatic carbocycles. The Labute approximate surface area is 218 Å². The molecule has 2 atom stereocenters. The normalized spacial score (nSPS) is 19.3. The molecule has 1 unspecified atom stereocenters. The van der Waals surface area contributed by atoms with Gasteiger partial charge in [-0.3, -0.25) is 9.59 Å². The molecule has 2 fully saturated rings. The van der Waals surface area contributed by atoms with E-state index in [-0.39, 0.29) is 11.8 Å². The van der Waals surface area contributed by atoms with E-state index >= 15 is 0 Å². The minimum atomic E-state index is -0.173. The number of amides is 2. The molecule has 4 nitrogen and oxygen atoms in total. The van der Waals surface area contributed by atoms with Gasteiger partial charge in [0, 0.05) is 29.4 Å². The van der Waals surface area contributed by atoms with Crippen molar-refractivity contribution in [1.82, 2.24) is 4.90 Å². The van der Waals surface area contributed by atoms with Gasteiger partial charge in [0.1, 0.15) is 0 Å². The molecule has 1 N–H and O–H groups in total. The van der Waals surface area contributed by atoms with Crippen LogP contribution in [-0.2, 0) is 0 Å². The Balaban J connectivity index is 1.26. The Morgan fingerprint density at radius 3 is 2.05 bits per heavy atom. The van der Waals surface area contributed by atoms with Gasteiger partial charge in [0.15, 0.2) is 0 Å². The summed E-state index contributed by atoms with van der Waals surface area (Å²) in [5.74, 6) is 0.570. The zero-order valence-electron chi connectivity index (χ0n) is 21.0. The Morgan fingerprint density at radius 2 is 1.27 bits per heavy atom. The van der Waals surface area contributed by atoms with Crippen molar-refractivity contribution in [2.45, 2.75) is 44.6 Å². The van der Waals surface area contributed by atoms with Crippen molar-refractivity contribution in [2.75, 3.05) is 11.9 Å². The van der Waals surface area contributed by atoms with Crippen LogP contribution in [0.5, 0.6) is 0 Å². The number of hydrogen-bond acceptors (Lipinski definition) is 2. The number of likely N-dealkylation sites (tertiary alicyclic amines) is 1. The van der Waals surface area contributed by atoms with E-state index in [2.05, 4.69) is 22.3 Å². The van der Waals surface area contributed by atoms with E-state index in [4.69, 9.17) is 0 Å². The fourth-order valence-electron chi connectivity index (χ4n) is 6.29. The van der Waals surface area contributed by atoms with Crippen molar-refractivity contribution >= 4 is 28.3 Å². The molecular weight excluding hydrogens is 456 g/mol. The molecule has 4 heteroatoms. The molecular formula is C33H32N2O2. The lowest BCUT2D eigenvalue weighted by Gasteiger charge is -2.44. The Kier molecular flexibility index (Phi) is 6.48. The smallest absolute Gasteiger partial charge is 0.256 e. The van der Waals surface area contributed by atoms with Crippen LogP contribution in [0.1, 0.15) is 59.2 Å². The number of carbonyl (C=O) groups excluding carboxylic acids is 2. The second kappa shape index (κ2) is 10.2. The van der Waals surface area contributed by atoms with E-state index in [0.29, 0.717) is 23.1 Å². The lowest BCUT2D eigenvalue weighted by atomic mass is 9.78. The van der Waals surface area contributed by atoms with E-state index in [0.717, 1.165) is 47.0 Å². The zero-order chi connectivity index (χ0) is 25.2. The molecule has 1 aliphatic heterocycles. The molecule has 0 aromatic heterocycles. The molecule has 1 heterocycles. The number of anilines is 1. The van der Waals surface area contributed by atoms with Crippen LogP contribution in [0.15, 0.2) is 91.0 Å². The van der Waals surface area contributed by atoms with E-state index in [1.807, 2.05) is 78.9 Å². The molecule has 2 amide bonds. The van der Waals surface area contributed by atoms with Gasteiger partial charge in [-0.2, -0.15) is 0 Å². The van der Waals surface area contributed by atoms with Crippen LogP contribution in [0.3, 0.4) is 0 Å². The number of nitrogens with zero attached hydrogens (tertiary/aromatic N) is 1. The molecule has 6 rings (SSSR count). The highest BCUT2D eigenvalue weighted by Crippen LogP contribution is 2.37. The van der Waals surface area contributed by atoms with Gasteiger partial charge in [0.05, 0.1) is 0 Å². The standard InChI is InChI=1S/C33H32N2O2/c36-32(34-26-18-16-24(17-19-26)23-9-2-1-3-10-23)29-20-21-30(28-14-6-5-13-27(28)29)33(37)35-22-8-12-25-11-4-7-15-31(25)35/h1-3,5-6,9-10,13-14,16-21,25,31H,4,7-8,11-12,15,22H2,(H,34,36)/t25?,31-/m0/s1. The molecule has 1 saturated carbocycles. The highest BCUT2D eigenvalue weighted by Gasteiger charge is 2.36. The van der Waals surface area contributed by atoms with Crippen molar-refractivity contribution in [3.05, 3.63) is 102 Å². The van der Waals surface area contributed by atoms with Gasteiger partial charge in [-0.25, -0.2) is 0 Å². The second-order valence-electron chi connectivity index (χ2n) is 10.4. The number of rotatable bonds is 4. The maximum absolute atomic E-state index is 13.8.